The third-order valence-electron chi connectivity index (χ3n) is 4.68. The normalized spacial score (nSPS) is 22.8. The largest absolute Gasteiger partial charge is 0.478 e. The molecule has 2 aliphatic rings. The Labute approximate surface area is 142 Å². The summed E-state index contributed by atoms with van der Waals surface area (Å²) in [4.78, 5) is 26.8. The molecule has 2 atom stereocenters. The van der Waals surface area contributed by atoms with Crippen LogP contribution in [0.2, 0.25) is 0 Å². The van der Waals surface area contributed by atoms with Gasteiger partial charge >= 0.3 is 0 Å². The quantitative estimate of drug-likeness (QED) is 0.869. The van der Waals surface area contributed by atoms with E-state index in [9.17, 15) is 9.59 Å². The summed E-state index contributed by atoms with van der Waals surface area (Å²) in [5.41, 5.74) is 1.06. The molecule has 0 saturated carbocycles. The van der Waals surface area contributed by atoms with Crippen molar-refractivity contribution in [2.45, 2.75) is 51.2 Å². The lowest BCUT2D eigenvalue weighted by Gasteiger charge is -2.36. The lowest BCUT2D eigenvalue weighted by atomic mass is 9.96. The first-order chi connectivity index (χ1) is 11.6. The predicted molar refractivity (Wildman–Crippen MR) is 91.9 cm³/mol. The highest BCUT2D eigenvalue weighted by Crippen LogP contribution is 2.35. The number of nitrogens with one attached hydrogen (secondary N) is 1. The number of nitrogens with zero attached hydrogens (tertiary/aromatic N) is 1. The van der Waals surface area contributed by atoms with Crippen LogP contribution < -0.4 is 10.1 Å². The molecule has 0 aliphatic carbocycles. The number of hydrogen-bond acceptors (Lipinski definition) is 3. The van der Waals surface area contributed by atoms with Gasteiger partial charge in [0, 0.05) is 19.0 Å². The molecule has 3 rings (SSSR count). The number of hydrogen-bond donors (Lipinski definition) is 1. The van der Waals surface area contributed by atoms with Crippen LogP contribution in [0.25, 0.3) is 0 Å². The van der Waals surface area contributed by atoms with Crippen LogP contribution in [0.1, 0.15) is 49.4 Å². The van der Waals surface area contributed by atoms with Crippen molar-refractivity contribution in [3.63, 3.8) is 0 Å². The Hall–Kier alpha value is -2.48. The summed E-state index contributed by atoms with van der Waals surface area (Å²) in [5.74, 6) is 2.89. The molecule has 2 amide bonds. The molecule has 1 aromatic rings. The van der Waals surface area contributed by atoms with E-state index in [0.717, 1.165) is 32.2 Å². The summed E-state index contributed by atoms with van der Waals surface area (Å²) in [5, 5.41) is 2.79. The number of ether oxygens (including phenoxy) is 1. The minimum absolute atomic E-state index is 0.0445. The molecule has 0 bridgehead atoms. The van der Waals surface area contributed by atoms with Crippen LogP contribution in [0.3, 0.4) is 0 Å². The number of fused-ring (bicyclic) bond motifs is 1. The van der Waals surface area contributed by atoms with E-state index in [1.807, 2.05) is 4.90 Å². The number of likely N-dealkylation sites (tertiary alicyclic amines) is 1. The molecule has 0 spiro atoms. The maximum absolute atomic E-state index is 13.1. The topological polar surface area (TPSA) is 58.6 Å². The van der Waals surface area contributed by atoms with Crippen molar-refractivity contribution >= 4 is 17.5 Å². The fraction of sp³-hybridized carbons (Fsp3) is 0.474. The molecule has 24 heavy (non-hydrogen) atoms. The van der Waals surface area contributed by atoms with E-state index >= 15 is 0 Å². The molecule has 2 unspecified atom stereocenters. The molecular formula is C19H22N2O3. The van der Waals surface area contributed by atoms with Gasteiger partial charge in [-0.1, -0.05) is 6.07 Å². The number of anilines is 1. The van der Waals surface area contributed by atoms with E-state index in [-0.39, 0.29) is 17.9 Å². The molecule has 0 radical (unpaired) electrons. The molecule has 1 aromatic carbocycles. The molecule has 1 saturated heterocycles. The van der Waals surface area contributed by atoms with Crippen molar-refractivity contribution in [3.05, 3.63) is 23.8 Å². The number of carbonyl (C=O) groups excluding carboxylic acids is 2. The van der Waals surface area contributed by atoms with Gasteiger partial charge < -0.3 is 15.0 Å². The van der Waals surface area contributed by atoms with Crippen molar-refractivity contribution in [3.8, 4) is 18.1 Å². The van der Waals surface area contributed by atoms with Gasteiger partial charge in [-0.2, -0.15) is 0 Å². The number of piperidine rings is 1. The molecule has 5 nitrogen and oxygen atoms in total. The lowest BCUT2D eigenvalue weighted by Crippen LogP contribution is -2.44. The van der Waals surface area contributed by atoms with Crippen molar-refractivity contribution in [2.75, 3.05) is 11.9 Å². The SMILES string of the molecule is C#CCCC1CCCCN1C(=O)c1cccc2c1OC(C)C(=O)N2. The second-order valence-corrected chi connectivity index (χ2v) is 6.32. The molecular weight excluding hydrogens is 304 g/mol. The second-order valence-electron chi connectivity index (χ2n) is 6.32. The number of para-hydroxylation sites is 1. The zero-order chi connectivity index (χ0) is 17.1. The Morgan fingerprint density at radius 2 is 2.29 bits per heavy atom. The maximum atomic E-state index is 13.1. The van der Waals surface area contributed by atoms with Crippen LogP contribution in [0, 0.1) is 12.3 Å². The van der Waals surface area contributed by atoms with Gasteiger partial charge in [0.2, 0.25) is 0 Å². The molecule has 0 aromatic heterocycles. The van der Waals surface area contributed by atoms with Gasteiger partial charge in [0.05, 0.1) is 11.3 Å². The van der Waals surface area contributed by atoms with E-state index in [1.54, 1.807) is 25.1 Å². The Bertz CT molecular complexity index is 692. The lowest BCUT2D eigenvalue weighted by molar-refractivity contribution is -0.122. The van der Waals surface area contributed by atoms with Crippen LogP contribution in [-0.2, 0) is 4.79 Å². The third kappa shape index (κ3) is 3.09. The van der Waals surface area contributed by atoms with Crippen LogP contribution in [-0.4, -0.2) is 35.4 Å². The average Bonchev–Trinajstić information content (AvgIpc) is 2.60. The van der Waals surface area contributed by atoms with Gasteiger partial charge in [-0.15, -0.1) is 12.3 Å². The molecule has 126 valence electrons. The van der Waals surface area contributed by atoms with Crippen LogP contribution in [0.4, 0.5) is 5.69 Å². The molecule has 1 N–H and O–H groups in total. The number of rotatable bonds is 3. The first-order valence-electron chi connectivity index (χ1n) is 8.46. The second kappa shape index (κ2) is 6.96. The van der Waals surface area contributed by atoms with Crippen molar-refractivity contribution in [2.24, 2.45) is 0 Å². The summed E-state index contributed by atoms with van der Waals surface area (Å²) >= 11 is 0. The number of benzene rings is 1. The first-order valence-corrected chi connectivity index (χ1v) is 8.46. The monoisotopic (exact) mass is 326 g/mol. The fourth-order valence-electron chi connectivity index (χ4n) is 3.37. The summed E-state index contributed by atoms with van der Waals surface area (Å²) in [7, 11) is 0. The van der Waals surface area contributed by atoms with Gasteiger partial charge in [-0.3, -0.25) is 9.59 Å². The zero-order valence-corrected chi connectivity index (χ0v) is 13.9. The summed E-state index contributed by atoms with van der Waals surface area (Å²) in [6.45, 7) is 2.41. The Balaban J connectivity index is 1.88. The van der Waals surface area contributed by atoms with E-state index in [1.165, 1.54) is 0 Å². The van der Waals surface area contributed by atoms with E-state index in [0.29, 0.717) is 23.4 Å². The molecule has 2 aliphatic heterocycles. The minimum atomic E-state index is -0.606. The first kappa shape index (κ1) is 16.4. The highest BCUT2D eigenvalue weighted by atomic mass is 16.5. The number of terminal acetylenes is 1. The summed E-state index contributed by atoms with van der Waals surface area (Å²) < 4.78 is 5.71. The fourth-order valence-corrected chi connectivity index (χ4v) is 3.37. The smallest absolute Gasteiger partial charge is 0.265 e. The van der Waals surface area contributed by atoms with Crippen molar-refractivity contribution < 1.29 is 14.3 Å². The van der Waals surface area contributed by atoms with Gasteiger partial charge in [-0.25, -0.2) is 0 Å². The van der Waals surface area contributed by atoms with Crippen LogP contribution >= 0.6 is 0 Å². The molecule has 1 fully saturated rings. The van der Waals surface area contributed by atoms with Crippen molar-refractivity contribution in [1.29, 1.82) is 0 Å². The van der Waals surface area contributed by atoms with Gasteiger partial charge in [0.25, 0.3) is 11.8 Å². The van der Waals surface area contributed by atoms with E-state index in [2.05, 4.69) is 11.2 Å². The Morgan fingerprint density at radius 1 is 1.46 bits per heavy atom. The molecule has 5 heteroatoms. The number of amides is 2. The highest BCUT2D eigenvalue weighted by molar-refractivity contribution is 6.04. The van der Waals surface area contributed by atoms with Gasteiger partial charge in [0.15, 0.2) is 11.9 Å². The van der Waals surface area contributed by atoms with Gasteiger partial charge in [-0.05, 0) is 44.7 Å². The van der Waals surface area contributed by atoms with Crippen LogP contribution in [0.5, 0.6) is 5.75 Å². The third-order valence-corrected chi connectivity index (χ3v) is 4.68. The van der Waals surface area contributed by atoms with E-state index in [4.69, 9.17) is 11.2 Å². The molecule has 2 heterocycles. The predicted octanol–water partition coefficient (Wildman–Crippen LogP) is 2.81. The Kier molecular flexibility index (Phi) is 4.75. The average molecular weight is 326 g/mol. The summed E-state index contributed by atoms with van der Waals surface area (Å²) in [6, 6.07) is 5.46. The zero-order valence-electron chi connectivity index (χ0n) is 13.9. The van der Waals surface area contributed by atoms with Gasteiger partial charge in [0.1, 0.15) is 0 Å². The minimum Gasteiger partial charge on any atom is -0.478 e. The Morgan fingerprint density at radius 3 is 3.08 bits per heavy atom. The van der Waals surface area contributed by atoms with Crippen molar-refractivity contribution in [1.82, 2.24) is 4.90 Å². The number of carbonyl (C=O) groups is 2. The van der Waals surface area contributed by atoms with E-state index < -0.39 is 6.10 Å². The maximum Gasteiger partial charge on any atom is 0.265 e. The highest BCUT2D eigenvalue weighted by Gasteiger charge is 2.32. The summed E-state index contributed by atoms with van der Waals surface area (Å²) in [6.07, 6.45) is 9.38. The standard InChI is InChI=1S/C19H22N2O3/c1-3-4-8-14-9-5-6-12-21(14)19(23)15-10-7-11-16-17(15)24-13(2)18(22)20-16/h1,7,10-11,13-14H,4-6,8-9,12H2,2H3,(H,20,22). The van der Waals surface area contributed by atoms with Crippen LogP contribution in [0.15, 0.2) is 18.2 Å².